The average molecular weight is 559 g/mol. The van der Waals surface area contributed by atoms with Gasteiger partial charge in [-0.3, -0.25) is 4.55 Å². The van der Waals surface area contributed by atoms with E-state index in [1.54, 1.807) is 24.3 Å². The first-order chi connectivity index (χ1) is 18.6. The number of azo groups is 1. The Bertz CT molecular complexity index is 1650. The van der Waals surface area contributed by atoms with Crippen molar-refractivity contribution in [1.82, 2.24) is 15.0 Å². The molecule has 1 heterocycles. The Morgan fingerprint density at radius 3 is 2.44 bits per heavy atom. The van der Waals surface area contributed by atoms with Gasteiger partial charge in [-0.2, -0.15) is 27.8 Å². The number of nitrogens with zero attached hydrogens (tertiary/aromatic N) is 6. The van der Waals surface area contributed by atoms with Crippen LogP contribution in [0.1, 0.15) is 0 Å². The van der Waals surface area contributed by atoms with E-state index in [2.05, 4.69) is 30.5 Å². The maximum absolute atomic E-state index is 14.1. The van der Waals surface area contributed by atoms with Crippen molar-refractivity contribution in [3.8, 4) is 5.75 Å². The predicted octanol–water partition coefficient (Wildman–Crippen LogP) is 2.65. The van der Waals surface area contributed by atoms with Crippen LogP contribution < -0.4 is 16.0 Å². The molecule has 4 aromatic rings. The zero-order chi connectivity index (χ0) is 28.2. The molecule has 7 N–H and O–H groups in total. The molecule has 0 aliphatic carbocycles. The maximum Gasteiger partial charge on any atom is 0.315 e. The van der Waals surface area contributed by atoms with E-state index in [9.17, 15) is 32.7 Å². The van der Waals surface area contributed by atoms with Crippen LogP contribution in [-0.2, 0) is 10.1 Å². The number of aliphatic hydroxyl groups is 2. The van der Waals surface area contributed by atoms with Crippen molar-refractivity contribution in [1.29, 1.82) is 0 Å². The highest BCUT2D eigenvalue weighted by Crippen LogP contribution is 2.39. The van der Waals surface area contributed by atoms with E-state index in [1.807, 2.05) is 0 Å². The van der Waals surface area contributed by atoms with Crippen LogP contribution >= 0.6 is 0 Å². The monoisotopic (exact) mass is 558 g/mol. The second kappa shape index (κ2) is 11.5. The smallest absolute Gasteiger partial charge is 0.315 e. The highest BCUT2D eigenvalue weighted by molar-refractivity contribution is 7.86. The number of aromatic nitrogens is 3. The molecule has 0 fully saturated rings. The van der Waals surface area contributed by atoms with Gasteiger partial charge in [0.25, 0.3) is 10.1 Å². The zero-order valence-electron chi connectivity index (χ0n) is 20.1. The Kier molecular flexibility index (Phi) is 8.10. The van der Waals surface area contributed by atoms with Crippen molar-refractivity contribution in [2.45, 2.75) is 4.90 Å². The van der Waals surface area contributed by atoms with Crippen molar-refractivity contribution in [3.63, 3.8) is 0 Å². The molecule has 0 bridgehead atoms. The van der Waals surface area contributed by atoms with E-state index in [0.29, 0.717) is 10.8 Å². The highest BCUT2D eigenvalue weighted by atomic mass is 32.2. The minimum absolute atomic E-state index is 0.00898. The van der Waals surface area contributed by atoms with E-state index in [4.69, 9.17) is 5.73 Å². The number of fused-ring (bicyclic) bond motifs is 1. The summed E-state index contributed by atoms with van der Waals surface area (Å²) in [5.41, 5.74) is 6.06. The van der Waals surface area contributed by atoms with E-state index in [1.165, 1.54) is 23.1 Å². The number of aliphatic hydroxyl groups excluding tert-OH is 2. The van der Waals surface area contributed by atoms with E-state index in [-0.39, 0.29) is 66.7 Å². The van der Waals surface area contributed by atoms with Crippen LogP contribution in [0.5, 0.6) is 5.75 Å². The summed E-state index contributed by atoms with van der Waals surface area (Å²) < 4.78 is 48.2. The Hall–Kier alpha value is -4.51. The van der Waals surface area contributed by atoms with Crippen molar-refractivity contribution in [3.05, 3.63) is 54.6 Å². The molecule has 4 rings (SSSR count). The minimum Gasteiger partial charge on any atom is -0.507 e. The highest BCUT2D eigenvalue weighted by Gasteiger charge is 2.19. The van der Waals surface area contributed by atoms with Gasteiger partial charge >= 0.3 is 6.08 Å². The number of anilines is 4. The Labute approximate surface area is 221 Å². The van der Waals surface area contributed by atoms with Crippen molar-refractivity contribution in [2.75, 3.05) is 42.3 Å². The van der Waals surface area contributed by atoms with Gasteiger partial charge in [-0.1, -0.05) is 18.2 Å². The summed E-state index contributed by atoms with van der Waals surface area (Å²) >= 11 is 0. The number of phenols is 1. The van der Waals surface area contributed by atoms with Crippen LogP contribution in [0, 0.1) is 6.08 Å². The summed E-state index contributed by atoms with van der Waals surface area (Å²) in [4.78, 5) is 11.8. The van der Waals surface area contributed by atoms with Crippen molar-refractivity contribution in [2.24, 2.45) is 10.2 Å². The number of rotatable bonds is 10. The van der Waals surface area contributed by atoms with Crippen LogP contribution in [-0.4, -0.2) is 69.5 Å². The second-order valence-electron chi connectivity index (χ2n) is 8.02. The van der Waals surface area contributed by atoms with Gasteiger partial charge in [0.1, 0.15) is 22.0 Å². The van der Waals surface area contributed by atoms with Crippen LogP contribution in [0.15, 0.2) is 63.7 Å². The van der Waals surface area contributed by atoms with Gasteiger partial charge in [-0.25, -0.2) is 0 Å². The third kappa shape index (κ3) is 6.32. The summed E-state index contributed by atoms with van der Waals surface area (Å²) in [5, 5.41) is 40.2. The molecular formula is C23H23FN8O6S. The Balaban J connectivity index is 1.71. The summed E-state index contributed by atoms with van der Waals surface area (Å²) in [6.45, 7) is -0.605. The predicted molar refractivity (Wildman–Crippen MR) is 140 cm³/mol. The molecule has 16 heteroatoms. The van der Waals surface area contributed by atoms with Crippen LogP contribution in [0.4, 0.5) is 39.0 Å². The third-order valence-electron chi connectivity index (χ3n) is 5.40. The largest absolute Gasteiger partial charge is 0.507 e. The summed E-state index contributed by atoms with van der Waals surface area (Å²) in [5.74, 6) is -0.596. The number of phenolic OH excluding ortho intramolecular Hbond substituents is 1. The fourth-order valence-electron chi connectivity index (χ4n) is 3.67. The molecule has 14 nitrogen and oxygen atoms in total. The molecule has 204 valence electrons. The molecule has 0 spiro atoms. The number of nitrogens with one attached hydrogen (secondary N) is 1. The van der Waals surface area contributed by atoms with Gasteiger partial charge in [0, 0.05) is 18.8 Å². The van der Waals surface area contributed by atoms with Gasteiger partial charge < -0.3 is 31.3 Å². The van der Waals surface area contributed by atoms with Gasteiger partial charge in [0.05, 0.1) is 24.3 Å². The molecule has 39 heavy (non-hydrogen) atoms. The first-order valence-corrected chi connectivity index (χ1v) is 12.7. The lowest BCUT2D eigenvalue weighted by atomic mass is 10.1. The molecule has 3 aromatic carbocycles. The van der Waals surface area contributed by atoms with Gasteiger partial charge in [0.2, 0.25) is 11.9 Å². The van der Waals surface area contributed by atoms with Gasteiger partial charge in [0.15, 0.2) is 0 Å². The lowest BCUT2D eigenvalue weighted by molar-refractivity contribution is 0.279. The zero-order valence-corrected chi connectivity index (χ0v) is 20.9. The summed E-state index contributed by atoms with van der Waals surface area (Å²) in [7, 11) is -4.82. The maximum atomic E-state index is 14.1. The third-order valence-corrected chi connectivity index (χ3v) is 6.28. The fraction of sp³-hybridized carbons (Fsp3) is 0.174. The lowest BCUT2D eigenvalue weighted by Gasteiger charge is -2.20. The molecule has 0 radical (unpaired) electrons. The number of nitrogens with two attached hydrogens (primary N) is 1. The van der Waals surface area contributed by atoms with E-state index < -0.39 is 21.1 Å². The van der Waals surface area contributed by atoms with Gasteiger partial charge in [-0.05, 0) is 35.7 Å². The number of hydrogen-bond acceptors (Lipinski definition) is 13. The van der Waals surface area contributed by atoms with Crippen LogP contribution in [0.3, 0.4) is 0 Å². The molecule has 0 aliphatic rings. The second-order valence-corrected chi connectivity index (χ2v) is 9.41. The fourth-order valence-corrected chi connectivity index (χ4v) is 4.32. The lowest BCUT2D eigenvalue weighted by Crippen LogP contribution is -2.31. The van der Waals surface area contributed by atoms with Crippen LogP contribution in [0.2, 0.25) is 0 Å². The van der Waals surface area contributed by atoms with Crippen LogP contribution in [0.25, 0.3) is 10.8 Å². The SMILES string of the molecule is Nc1ccc2cccc(O)c2c1N=Nc1ccc(Nc2nc(F)nc(N(CCO)CCO)n2)cc1S(=O)(=O)O. The Morgan fingerprint density at radius 1 is 1.00 bits per heavy atom. The quantitative estimate of drug-likeness (QED) is 0.0939. The van der Waals surface area contributed by atoms with Gasteiger partial charge in [-0.15, -0.1) is 10.2 Å². The molecule has 0 aliphatic heterocycles. The minimum atomic E-state index is -4.82. The number of benzene rings is 3. The summed E-state index contributed by atoms with van der Waals surface area (Å²) in [6, 6.07) is 11.6. The van der Waals surface area contributed by atoms with Crippen molar-refractivity contribution >= 4 is 55.5 Å². The van der Waals surface area contributed by atoms with E-state index in [0.717, 1.165) is 6.07 Å². The Morgan fingerprint density at radius 2 is 1.74 bits per heavy atom. The molecular weight excluding hydrogens is 535 g/mol. The number of halogens is 1. The van der Waals surface area contributed by atoms with Crippen molar-refractivity contribution < 1.29 is 32.7 Å². The first kappa shape index (κ1) is 27.5. The molecule has 0 amide bonds. The molecule has 0 unspecified atom stereocenters. The standard InChI is InChI=1S/C23H23FN8O6S/c24-21-27-22(29-23(28-21)32(8-10-33)9-11-34)26-14-5-7-16(18(12-14)39(36,37)38)30-31-20-15(25)6-4-13-2-1-3-17(35)19(13)20/h1-7,12,33-35H,8-11,25H2,(H,36,37,38)(H,26,27,28,29). The molecule has 0 saturated carbocycles. The normalized spacial score (nSPS) is 11.8. The number of aromatic hydroxyl groups is 1. The average Bonchev–Trinajstić information content (AvgIpc) is 2.88. The summed E-state index contributed by atoms with van der Waals surface area (Å²) in [6.07, 6.45) is -1.17. The molecule has 0 saturated heterocycles. The molecule has 1 aromatic heterocycles. The number of nitrogen functional groups attached to an aromatic ring is 1. The first-order valence-electron chi connectivity index (χ1n) is 11.3. The van der Waals surface area contributed by atoms with E-state index >= 15 is 0 Å². The number of hydrogen-bond donors (Lipinski definition) is 6. The topological polar surface area (TPSA) is 220 Å². The molecule has 0 atom stereocenters.